The number of aliphatic hydroxyl groups is 1. The van der Waals surface area contributed by atoms with Gasteiger partial charge in [0.25, 0.3) is 0 Å². The summed E-state index contributed by atoms with van der Waals surface area (Å²) >= 11 is 0. The van der Waals surface area contributed by atoms with Crippen LogP contribution in [0.25, 0.3) is 0 Å². The highest BCUT2D eigenvalue weighted by molar-refractivity contribution is 4.95. The Balaban J connectivity index is 2.53. The standard InChI is InChI=1S/C10H21NO/c1-3-8(2)9(12)10(7-11)5-4-6-10/h8-9,12H,3-7,11H2,1-2H3. The average molecular weight is 171 g/mol. The lowest BCUT2D eigenvalue weighted by Gasteiger charge is -2.46. The third-order valence-electron chi connectivity index (χ3n) is 3.57. The minimum absolute atomic E-state index is 0.0788. The molecular weight excluding hydrogens is 150 g/mol. The lowest BCUT2D eigenvalue weighted by Crippen LogP contribution is -2.49. The Kier molecular flexibility index (Phi) is 3.13. The van der Waals surface area contributed by atoms with Crippen molar-refractivity contribution in [2.45, 2.75) is 45.6 Å². The maximum Gasteiger partial charge on any atom is 0.0633 e. The van der Waals surface area contributed by atoms with Gasteiger partial charge in [-0.3, -0.25) is 0 Å². The molecule has 0 amide bonds. The second kappa shape index (κ2) is 3.75. The van der Waals surface area contributed by atoms with E-state index in [1.807, 2.05) is 0 Å². The lowest BCUT2D eigenvalue weighted by molar-refractivity contribution is -0.0589. The number of nitrogens with two attached hydrogens (primary N) is 1. The molecule has 1 fully saturated rings. The van der Waals surface area contributed by atoms with E-state index in [0.29, 0.717) is 12.5 Å². The van der Waals surface area contributed by atoms with Crippen molar-refractivity contribution in [3.05, 3.63) is 0 Å². The molecule has 1 rings (SSSR count). The van der Waals surface area contributed by atoms with Gasteiger partial charge < -0.3 is 10.8 Å². The van der Waals surface area contributed by atoms with Gasteiger partial charge in [0, 0.05) is 12.0 Å². The molecule has 12 heavy (non-hydrogen) atoms. The van der Waals surface area contributed by atoms with E-state index in [2.05, 4.69) is 13.8 Å². The number of rotatable bonds is 4. The molecule has 0 aromatic heterocycles. The molecule has 72 valence electrons. The summed E-state index contributed by atoms with van der Waals surface area (Å²) in [6.07, 6.45) is 4.35. The van der Waals surface area contributed by atoms with E-state index < -0.39 is 0 Å². The van der Waals surface area contributed by atoms with Crippen molar-refractivity contribution in [2.24, 2.45) is 17.1 Å². The highest BCUT2D eigenvalue weighted by Crippen LogP contribution is 2.45. The molecule has 0 spiro atoms. The summed E-state index contributed by atoms with van der Waals surface area (Å²) in [6.45, 7) is 4.88. The van der Waals surface area contributed by atoms with E-state index in [-0.39, 0.29) is 11.5 Å². The highest BCUT2D eigenvalue weighted by Gasteiger charge is 2.43. The fourth-order valence-corrected chi connectivity index (χ4v) is 2.08. The van der Waals surface area contributed by atoms with Gasteiger partial charge in [0.15, 0.2) is 0 Å². The molecule has 0 heterocycles. The third-order valence-corrected chi connectivity index (χ3v) is 3.57. The molecule has 0 aromatic rings. The Bertz CT molecular complexity index is 137. The first kappa shape index (κ1) is 10.0. The zero-order valence-corrected chi connectivity index (χ0v) is 8.21. The van der Waals surface area contributed by atoms with Gasteiger partial charge >= 0.3 is 0 Å². The van der Waals surface area contributed by atoms with E-state index in [1.54, 1.807) is 0 Å². The van der Waals surface area contributed by atoms with Crippen LogP contribution in [0.15, 0.2) is 0 Å². The van der Waals surface area contributed by atoms with Crippen molar-refractivity contribution >= 4 is 0 Å². The molecule has 1 aliphatic carbocycles. The van der Waals surface area contributed by atoms with Crippen molar-refractivity contribution in [3.63, 3.8) is 0 Å². The Morgan fingerprint density at radius 3 is 2.33 bits per heavy atom. The summed E-state index contributed by atoms with van der Waals surface area (Å²) in [7, 11) is 0. The zero-order valence-electron chi connectivity index (χ0n) is 8.21. The SMILES string of the molecule is CCC(C)C(O)C1(CN)CCC1. The van der Waals surface area contributed by atoms with Crippen molar-refractivity contribution in [1.29, 1.82) is 0 Å². The molecule has 3 N–H and O–H groups in total. The molecular formula is C10H21NO. The first-order valence-corrected chi connectivity index (χ1v) is 5.04. The van der Waals surface area contributed by atoms with Crippen molar-refractivity contribution in [3.8, 4) is 0 Å². The Hall–Kier alpha value is -0.0800. The minimum Gasteiger partial charge on any atom is -0.392 e. The van der Waals surface area contributed by atoms with Gasteiger partial charge in [0.1, 0.15) is 0 Å². The molecule has 1 aliphatic rings. The van der Waals surface area contributed by atoms with E-state index in [9.17, 15) is 5.11 Å². The molecule has 2 atom stereocenters. The summed E-state index contributed by atoms with van der Waals surface area (Å²) in [5.74, 6) is 0.397. The number of aliphatic hydroxyl groups excluding tert-OH is 1. The summed E-state index contributed by atoms with van der Waals surface area (Å²) in [4.78, 5) is 0. The van der Waals surface area contributed by atoms with Crippen LogP contribution in [0.4, 0.5) is 0 Å². The molecule has 0 bridgehead atoms. The number of hydrogen-bond acceptors (Lipinski definition) is 2. The molecule has 0 saturated heterocycles. The van der Waals surface area contributed by atoms with Crippen LogP contribution < -0.4 is 5.73 Å². The topological polar surface area (TPSA) is 46.2 Å². The predicted molar refractivity (Wildman–Crippen MR) is 50.8 cm³/mol. The Morgan fingerprint density at radius 2 is 2.08 bits per heavy atom. The summed E-state index contributed by atoms with van der Waals surface area (Å²) < 4.78 is 0. The largest absolute Gasteiger partial charge is 0.392 e. The minimum atomic E-state index is -0.179. The Morgan fingerprint density at radius 1 is 1.50 bits per heavy atom. The van der Waals surface area contributed by atoms with Crippen LogP contribution >= 0.6 is 0 Å². The maximum absolute atomic E-state index is 10.0. The quantitative estimate of drug-likeness (QED) is 0.673. The van der Waals surface area contributed by atoms with Gasteiger partial charge in [-0.2, -0.15) is 0 Å². The first-order chi connectivity index (χ1) is 5.66. The summed E-state index contributed by atoms with van der Waals surface area (Å²) in [5, 5.41) is 10.0. The van der Waals surface area contributed by atoms with Crippen LogP contribution in [-0.2, 0) is 0 Å². The molecule has 2 heteroatoms. The van der Waals surface area contributed by atoms with Crippen molar-refractivity contribution in [1.82, 2.24) is 0 Å². The van der Waals surface area contributed by atoms with Gasteiger partial charge in [-0.15, -0.1) is 0 Å². The van der Waals surface area contributed by atoms with Crippen LogP contribution in [0, 0.1) is 11.3 Å². The fraction of sp³-hybridized carbons (Fsp3) is 1.00. The zero-order chi connectivity index (χ0) is 9.19. The molecule has 2 unspecified atom stereocenters. The molecule has 0 aliphatic heterocycles. The van der Waals surface area contributed by atoms with E-state index in [1.165, 1.54) is 6.42 Å². The summed E-state index contributed by atoms with van der Waals surface area (Å²) in [6, 6.07) is 0. The monoisotopic (exact) mass is 171 g/mol. The van der Waals surface area contributed by atoms with Gasteiger partial charge in [-0.1, -0.05) is 26.7 Å². The van der Waals surface area contributed by atoms with Gasteiger partial charge in [-0.25, -0.2) is 0 Å². The summed E-state index contributed by atoms with van der Waals surface area (Å²) in [5.41, 5.74) is 5.78. The van der Waals surface area contributed by atoms with E-state index in [4.69, 9.17) is 5.73 Å². The van der Waals surface area contributed by atoms with Crippen LogP contribution in [0.3, 0.4) is 0 Å². The molecule has 2 nitrogen and oxygen atoms in total. The van der Waals surface area contributed by atoms with Gasteiger partial charge in [0.05, 0.1) is 6.10 Å². The average Bonchev–Trinajstić information content (AvgIpc) is 2.02. The number of hydrogen-bond donors (Lipinski definition) is 2. The Labute approximate surface area is 75.2 Å². The van der Waals surface area contributed by atoms with Crippen LogP contribution in [0.1, 0.15) is 39.5 Å². The molecule has 0 aromatic carbocycles. The molecule has 1 saturated carbocycles. The second-order valence-corrected chi connectivity index (χ2v) is 4.25. The highest BCUT2D eigenvalue weighted by atomic mass is 16.3. The van der Waals surface area contributed by atoms with Crippen molar-refractivity contribution in [2.75, 3.05) is 6.54 Å². The van der Waals surface area contributed by atoms with E-state index in [0.717, 1.165) is 19.3 Å². The van der Waals surface area contributed by atoms with Gasteiger partial charge in [-0.05, 0) is 18.8 Å². The van der Waals surface area contributed by atoms with Crippen LogP contribution in [0.5, 0.6) is 0 Å². The maximum atomic E-state index is 10.0. The normalized spacial score (nSPS) is 26.0. The first-order valence-electron chi connectivity index (χ1n) is 5.04. The molecule has 0 radical (unpaired) electrons. The van der Waals surface area contributed by atoms with Crippen LogP contribution in [-0.4, -0.2) is 17.8 Å². The van der Waals surface area contributed by atoms with Crippen molar-refractivity contribution < 1.29 is 5.11 Å². The predicted octanol–water partition coefficient (Wildman–Crippen LogP) is 1.52. The lowest BCUT2D eigenvalue weighted by atomic mass is 9.62. The van der Waals surface area contributed by atoms with E-state index >= 15 is 0 Å². The van der Waals surface area contributed by atoms with Gasteiger partial charge in [0.2, 0.25) is 0 Å². The van der Waals surface area contributed by atoms with Crippen LogP contribution in [0.2, 0.25) is 0 Å². The third kappa shape index (κ3) is 1.50. The second-order valence-electron chi connectivity index (χ2n) is 4.25. The fourth-order valence-electron chi connectivity index (χ4n) is 2.08. The smallest absolute Gasteiger partial charge is 0.0633 e.